The molecule has 0 aliphatic carbocycles. The summed E-state index contributed by atoms with van der Waals surface area (Å²) in [6.07, 6.45) is -3.00. The van der Waals surface area contributed by atoms with Gasteiger partial charge in [-0.1, -0.05) is 38.1 Å². The van der Waals surface area contributed by atoms with E-state index < -0.39 is 24.9 Å². The summed E-state index contributed by atoms with van der Waals surface area (Å²) in [6, 6.07) is 8.54. The van der Waals surface area contributed by atoms with Crippen LogP contribution < -0.4 is 5.32 Å². The van der Waals surface area contributed by atoms with Gasteiger partial charge in [-0.2, -0.15) is 13.2 Å². The fourth-order valence-corrected chi connectivity index (χ4v) is 3.38. The van der Waals surface area contributed by atoms with E-state index in [1.54, 1.807) is 0 Å². The highest BCUT2D eigenvalue weighted by atomic mass is 19.4. The van der Waals surface area contributed by atoms with Gasteiger partial charge in [0.15, 0.2) is 0 Å². The van der Waals surface area contributed by atoms with Gasteiger partial charge in [0.25, 0.3) is 0 Å². The zero-order valence-corrected chi connectivity index (χ0v) is 15.6. The Balaban J connectivity index is 1.79. The minimum atomic E-state index is -4.28. The van der Waals surface area contributed by atoms with Crippen LogP contribution in [-0.4, -0.2) is 36.1 Å². The third kappa shape index (κ3) is 7.77. The largest absolute Gasteiger partial charge is 0.389 e. The van der Waals surface area contributed by atoms with Crippen molar-refractivity contribution in [3.63, 3.8) is 0 Å². The molecule has 3 nitrogen and oxygen atoms in total. The quantitative estimate of drug-likeness (QED) is 0.776. The molecule has 1 aliphatic rings. The summed E-state index contributed by atoms with van der Waals surface area (Å²) in [5.41, 5.74) is 2.55. The van der Waals surface area contributed by atoms with Crippen LogP contribution in [0.25, 0.3) is 0 Å². The summed E-state index contributed by atoms with van der Waals surface area (Å²) < 4.78 is 36.6. The molecule has 2 rings (SSSR count). The molecule has 6 heteroatoms. The van der Waals surface area contributed by atoms with Gasteiger partial charge in [-0.15, -0.1) is 0 Å². The third-order valence-corrected chi connectivity index (χ3v) is 4.58. The molecule has 0 bridgehead atoms. The Labute approximate surface area is 154 Å². The van der Waals surface area contributed by atoms with E-state index in [0.29, 0.717) is 12.5 Å². The predicted molar refractivity (Wildman–Crippen MR) is 96.7 cm³/mol. The SMILES string of the molecule is CC(C)Cc1ccc(CN2CCCC(NC(=O)CCC(F)(F)F)C2)cc1. The first-order valence-electron chi connectivity index (χ1n) is 9.37. The van der Waals surface area contributed by atoms with Crippen molar-refractivity contribution in [1.29, 1.82) is 0 Å². The minimum absolute atomic E-state index is 0.0651. The Morgan fingerprint density at radius 3 is 2.50 bits per heavy atom. The monoisotopic (exact) mass is 370 g/mol. The van der Waals surface area contributed by atoms with Gasteiger partial charge in [0.05, 0.1) is 6.42 Å². The molecule has 1 N–H and O–H groups in total. The van der Waals surface area contributed by atoms with Crippen LogP contribution in [0.1, 0.15) is 50.7 Å². The summed E-state index contributed by atoms with van der Waals surface area (Å²) in [6.45, 7) is 6.83. The van der Waals surface area contributed by atoms with Crippen LogP contribution in [0, 0.1) is 5.92 Å². The zero-order chi connectivity index (χ0) is 19.2. The topological polar surface area (TPSA) is 32.3 Å². The van der Waals surface area contributed by atoms with E-state index in [4.69, 9.17) is 0 Å². The molecule has 0 aromatic heterocycles. The molecule has 0 radical (unpaired) electrons. The Hall–Kier alpha value is -1.56. The fraction of sp³-hybridized carbons (Fsp3) is 0.650. The highest BCUT2D eigenvalue weighted by molar-refractivity contribution is 5.76. The second kappa shape index (κ2) is 9.40. The van der Waals surface area contributed by atoms with Crippen molar-refractivity contribution in [3.8, 4) is 0 Å². The van der Waals surface area contributed by atoms with Crippen molar-refractivity contribution < 1.29 is 18.0 Å². The number of nitrogens with one attached hydrogen (secondary N) is 1. The first-order chi connectivity index (χ1) is 12.2. The third-order valence-electron chi connectivity index (χ3n) is 4.58. The number of rotatable bonds is 7. The molecule has 1 unspecified atom stereocenters. The zero-order valence-electron chi connectivity index (χ0n) is 15.6. The maximum atomic E-state index is 12.2. The van der Waals surface area contributed by atoms with Crippen molar-refractivity contribution in [2.45, 2.75) is 64.7 Å². The summed E-state index contributed by atoms with van der Waals surface area (Å²) in [7, 11) is 0. The van der Waals surface area contributed by atoms with E-state index in [1.165, 1.54) is 11.1 Å². The number of carbonyl (C=O) groups is 1. The summed E-state index contributed by atoms with van der Waals surface area (Å²) in [5, 5.41) is 2.76. The van der Waals surface area contributed by atoms with E-state index in [-0.39, 0.29) is 6.04 Å². The van der Waals surface area contributed by atoms with E-state index in [2.05, 4.69) is 48.3 Å². The number of amides is 1. The van der Waals surface area contributed by atoms with E-state index >= 15 is 0 Å². The van der Waals surface area contributed by atoms with Crippen LogP contribution in [-0.2, 0) is 17.8 Å². The van der Waals surface area contributed by atoms with Crippen molar-refractivity contribution in [2.24, 2.45) is 5.92 Å². The molecule has 1 fully saturated rings. The normalized spacial score (nSPS) is 18.9. The molecular weight excluding hydrogens is 341 g/mol. The van der Waals surface area contributed by atoms with Crippen molar-refractivity contribution in [2.75, 3.05) is 13.1 Å². The van der Waals surface area contributed by atoms with Gasteiger partial charge in [0.2, 0.25) is 5.91 Å². The number of nitrogens with zero attached hydrogens (tertiary/aromatic N) is 1. The second-order valence-electron chi connectivity index (χ2n) is 7.67. The van der Waals surface area contributed by atoms with Crippen LogP contribution >= 0.6 is 0 Å². The first-order valence-corrected chi connectivity index (χ1v) is 9.37. The molecule has 0 saturated carbocycles. The second-order valence-corrected chi connectivity index (χ2v) is 7.67. The maximum absolute atomic E-state index is 12.2. The maximum Gasteiger partial charge on any atom is 0.389 e. The molecule has 26 heavy (non-hydrogen) atoms. The molecule has 1 aliphatic heterocycles. The molecule has 146 valence electrons. The number of likely N-dealkylation sites (tertiary alicyclic amines) is 1. The van der Waals surface area contributed by atoms with Crippen LogP contribution in [0.4, 0.5) is 13.2 Å². The number of benzene rings is 1. The Morgan fingerprint density at radius 2 is 1.88 bits per heavy atom. The Morgan fingerprint density at radius 1 is 1.23 bits per heavy atom. The van der Waals surface area contributed by atoms with Crippen LogP contribution in [0.5, 0.6) is 0 Å². The van der Waals surface area contributed by atoms with Gasteiger partial charge >= 0.3 is 6.18 Å². The van der Waals surface area contributed by atoms with Gasteiger partial charge in [-0.25, -0.2) is 0 Å². The van der Waals surface area contributed by atoms with Crippen molar-refractivity contribution in [1.82, 2.24) is 10.2 Å². The lowest BCUT2D eigenvalue weighted by molar-refractivity contribution is -0.144. The average molecular weight is 370 g/mol. The van der Waals surface area contributed by atoms with Crippen molar-refractivity contribution >= 4 is 5.91 Å². The van der Waals surface area contributed by atoms with Gasteiger partial charge in [0.1, 0.15) is 0 Å². The molecule has 1 heterocycles. The van der Waals surface area contributed by atoms with Gasteiger partial charge < -0.3 is 5.32 Å². The van der Waals surface area contributed by atoms with E-state index in [9.17, 15) is 18.0 Å². The molecule has 1 aromatic carbocycles. The molecule has 0 spiro atoms. The van der Waals surface area contributed by atoms with E-state index in [0.717, 1.165) is 32.4 Å². The Kier molecular flexibility index (Phi) is 7.50. The average Bonchev–Trinajstić information content (AvgIpc) is 2.54. The molecule has 1 aromatic rings. The lowest BCUT2D eigenvalue weighted by atomic mass is 10.0. The first kappa shape index (κ1) is 20.7. The number of carbonyl (C=O) groups excluding carboxylic acids is 1. The van der Waals surface area contributed by atoms with Crippen LogP contribution in [0.3, 0.4) is 0 Å². The number of halogens is 3. The smallest absolute Gasteiger partial charge is 0.352 e. The van der Waals surface area contributed by atoms with E-state index in [1.807, 2.05) is 0 Å². The molecule has 1 amide bonds. The number of piperidine rings is 1. The number of hydrogen-bond acceptors (Lipinski definition) is 2. The fourth-order valence-electron chi connectivity index (χ4n) is 3.38. The van der Waals surface area contributed by atoms with Gasteiger partial charge in [-0.3, -0.25) is 9.69 Å². The highest BCUT2D eigenvalue weighted by Gasteiger charge is 2.29. The molecule has 1 atom stereocenters. The Bertz CT molecular complexity index is 569. The highest BCUT2D eigenvalue weighted by Crippen LogP contribution is 2.21. The number of hydrogen-bond donors (Lipinski definition) is 1. The molecular formula is C20H29F3N2O. The molecule has 1 saturated heterocycles. The lowest BCUT2D eigenvalue weighted by Crippen LogP contribution is -2.47. The summed E-state index contributed by atoms with van der Waals surface area (Å²) >= 11 is 0. The van der Waals surface area contributed by atoms with Crippen LogP contribution in [0.15, 0.2) is 24.3 Å². The van der Waals surface area contributed by atoms with Gasteiger partial charge in [-0.05, 0) is 42.9 Å². The summed E-state index contributed by atoms with van der Waals surface area (Å²) in [4.78, 5) is 14.0. The summed E-state index contributed by atoms with van der Waals surface area (Å²) in [5.74, 6) is 0.122. The lowest BCUT2D eigenvalue weighted by Gasteiger charge is -2.33. The van der Waals surface area contributed by atoms with Gasteiger partial charge in [0, 0.05) is 25.6 Å². The minimum Gasteiger partial charge on any atom is -0.352 e. The van der Waals surface area contributed by atoms with Crippen LogP contribution in [0.2, 0.25) is 0 Å². The number of alkyl halides is 3. The standard InChI is InChI=1S/C20H29F3N2O/c1-15(2)12-16-5-7-17(8-6-16)13-25-11-3-4-18(14-25)24-19(26)9-10-20(21,22)23/h5-8,15,18H,3-4,9-14H2,1-2H3,(H,24,26). The van der Waals surface area contributed by atoms with Crippen molar-refractivity contribution in [3.05, 3.63) is 35.4 Å². The predicted octanol–water partition coefficient (Wildman–Crippen LogP) is 4.31.